The molecule has 0 amide bonds. The van der Waals surface area contributed by atoms with Crippen molar-refractivity contribution in [3.63, 3.8) is 0 Å². The largest absolute Gasteiger partial charge is 0.298 e. The summed E-state index contributed by atoms with van der Waals surface area (Å²) in [6.07, 6.45) is 0. The van der Waals surface area contributed by atoms with Gasteiger partial charge in [0, 0.05) is 13.1 Å². The van der Waals surface area contributed by atoms with Crippen LogP contribution < -0.4 is 0 Å². The Balaban J connectivity index is 2.64. The molecule has 0 aromatic heterocycles. The van der Waals surface area contributed by atoms with Crippen LogP contribution in [0.4, 0.5) is 0 Å². The van der Waals surface area contributed by atoms with Crippen LogP contribution in [0, 0.1) is 0 Å². The zero-order valence-corrected chi connectivity index (χ0v) is 5.28. The molecule has 0 radical (unpaired) electrons. The van der Waals surface area contributed by atoms with Gasteiger partial charge in [-0.1, -0.05) is 13.2 Å². The van der Waals surface area contributed by atoms with Crippen LogP contribution in [-0.4, -0.2) is 25.0 Å². The van der Waals surface area contributed by atoms with E-state index in [2.05, 4.69) is 25.1 Å². The molecule has 0 aromatic rings. The van der Waals surface area contributed by atoms with E-state index in [-0.39, 0.29) is 0 Å². The predicted octanol–water partition coefficient (Wildman–Crippen LogP) is 1.04. The van der Waals surface area contributed by atoms with Crippen LogP contribution in [0.25, 0.3) is 0 Å². The molecule has 0 aromatic carbocycles. The van der Waals surface area contributed by atoms with E-state index in [1.165, 1.54) is 11.1 Å². The van der Waals surface area contributed by atoms with E-state index in [4.69, 9.17) is 0 Å². The van der Waals surface area contributed by atoms with Gasteiger partial charge in [-0.25, -0.2) is 0 Å². The van der Waals surface area contributed by atoms with Crippen molar-refractivity contribution in [2.75, 3.05) is 20.1 Å². The molecule has 1 heterocycles. The van der Waals surface area contributed by atoms with E-state index in [9.17, 15) is 0 Å². The highest BCUT2D eigenvalue weighted by molar-refractivity contribution is 5.32. The van der Waals surface area contributed by atoms with Gasteiger partial charge in [-0.05, 0) is 18.2 Å². The van der Waals surface area contributed by atoms with E-state index in [1.54, 1.807) is 0 Å². The Morgan fingerprint density at radius 3 is 1.75 bits per heavy atom. The van der Waals surface area contributed by atoms with Gasteiger partial charge in [0.15, 0.2) is 0 Å². The van der Waals surface area contributed by atoms with E-state index in [0.29, 0.717) is 0 Å². The van der Waals surface area contributed by atoms with E-state index in [0.717, 1.165) is 13.1 Å². The fourth-order valence-electron chi connectivity index (χ4n) is 0.931. The van der Waals surface area contributed by atoms with E-state index >= 15 is 0 Å². The molecule has 0 spiro atoms. The van der Waals surface area contributed by atoms with Crippen LogP contribution in [0.3, 0.4) is 0 Å². The molecule has 0 saturated carbocycles. The summed E-state index contributed by atoms with van der Waals surface area (Å²) < 4.78 is 0. The summed E-state index contributed by atoms with van der Waals surface area (Å²) in [5, 5.41) is 0. The summed E-state index contributed by atoms with van der Waals surface area (Å²) in [7, 11) is 2.07. The molecule has 1 aliphatic rings. The molecule has 1 heteroatoms. The van der Waals surface area contributed by atoms with Gasteiger partial charge in [0.05, 0.1) is 0 Å². The minimum absolute atomic E-state index is 0.999. The van der Waals surface area contributed by atoms with Crippen molar-refractivity contribution in [3.8, 4) is 0 Å². The fourth-order valence-corrected chi connectivity index (χ4v) is 0.931. The van der Waals surface area contributed by atoms with Crippen molar-refractivity contribution in [1.29, 1.82) is 0 Å². The monoisotopic (exact) mass is 109 g/mol. The Bertz CT molecular complexity index is 119. The average Bonchev–Trinajstić information content (AvgIpc) is 1.85. The second-order valence-electron chi connectivity index (χ2n) is 2.38. The van der Waals surface area contributed by atoms with Gasteiger partial charge in [-0.15, -0.1) is 0 Å². The van der Waals surface area contributed by atoms with Gasteiger partial charge in [0.1, 0.15) is 0 Å². The maximum atomic E-state index is 3.84. The molecule has 1 rings (SSSR count). The van der Waals surface area contributed by atoms with Gasteiger partial charge in [-0.3, -0.25) is 4.90 Å². The van der Waals surface area contributed by atoms with E-state index in [1.807, 2.05) is 0 Å². The Morgan fingerprint density at radius 2 is 1.62 bits per heavy atom. The molecule has 8 heavy (non-hydrogen) atoms. The predicted molar refractivity (Wildman–Crippen MR) is 35.8 cm³/mol. The molecule has 0 bridgehead atoms. The topological polar surface area (TPSA) is 3.24 Å². The smallest absolute Gasteiger partial charge is 0.0231 e. The summed E-state index contributed by atoms with van der Waals surface area (Å²) in [6.45, 7) is 9.69. The summed E-state index contributed by atoms with van der Waals surface area (Å²) in [4.78, 5) is 2.20. The molecule has 0 unspecified atom stereocenters. The number of likely N-dealkylation sites (N-methyl/N-ethyl adjacent to an activating group) is 1. The average molecular weight is 109 g/mol. The lowest BCUT2D eigenvalue weighted by Crippen LogP contribution is -2.11. The molecular formula is C7H11N. The van der Waals surface area contributed by atoms with Gasteiger partial charge in [0.25, 0.3) is 0 Å². The van der Waals surface area contributed by atoms with Gasteiger partial charge < -0.3 is 0 Å². The molecule has 1 nitrogen and oxygen atoms in total. The minimum atomic E-state index is 0.999. The van der Waals surface area contributed by atoms with Crippen LogP contribution in [0.15, 0.2) is 24.3 Å². The number of rotatable bonds is 0. The second-order valence-corrected chi connectivity index (χ2v) is 2.38. The highest BCUT2D eigenvalue weighted by atomic mass is 15.1. The first-order chi connectivity index (χ1) is 3.70. The lowest BCUT2D eigenvalue weighted by Gasteiger charge is -2.00. The number of likely N-dealkylation sites (tertiary alicyclic amines) is 1. The Hall–Kier alpha value is -0.560. The SMILES string of the molecule is C=C1CN(C)CC1=C. The summed E-state index contributed by atoms with van der Waals surface area (Å²) in [6, 6.07) is 0. The summed E-state index contributed by atoms with van der Waals surface area (Å²) in [5.74, 6) is 0. The quantitative estimate of drug-likeness (QED) is 0.449. The Morgan fingerprint density at radius 1 is 1.25 bits per heavy atom. The highest BCUT2D eigenvalue weighted by Gasteiger charge is 2.12. The third kappa shape index (κ3) is 0.819. The van der Waals surface area contributed by atoms with Crippen molar-refractivity contribution in [1.82, 2.24) is 4.90 Å². The molecule has 44 valence electrons. The number of hydrogen-bond acceptors (Lipinski definition) is 1. The van der Waals surface area contributed by atoms with E-state index < -0.39 is 0 Å². The molecule has 0 aliphatic carbocycles. The van der Waals surface area contributed by atoms with Crippen molar-refractivity contribution < 1.29 is 0 Å². The first-order valence-corrected chi connectivity index (χ1v) is 2.74. The van der Waals surface area contributed by atoms with Crippen LogP contribution in [0.2, 0.25) is 0 Å². The van der Waals surface area contributed by atoms with Gasteiger partial charge in [0.2, 0.25) is 0 Å². The molecular weight excluding hydrogens is 98.1 g/mol. The molecule has 1 saturated heterocycles. The minimum Gasteiger partial charge on any atom is -0.298 e. The van der Waals surface area contributed by atoms with Crippen molar-refractivity contribution >= 4 is 0 Å². The number of hydrogen-bond donors (Lipinski definition) is 0. The third-order valence-corrected chi connectivity index (χ3v) is 1.42. The zero-order valence-electron chi connectivity index (χ0n) is 5.28. The first-order valence-electron chi connectivity index (χ1n) is 2.74. The summed E-state index contributed by atoms with van der Waals surface area (Å²) in [5.41, 5.74) is 2.38. The van der Waals surface area contributed by atoms with Crippen LogP contribution in [0.1, 0.15) is 0 Å². The summed E-state index contributed by atoms with van der Waals surface area (Å²) >= 11 is 0. The lowest BCUT2D eigenvalue weighted by atomic mass is 10.2. The third-order valence-electron chi connectivity index (χ3n) is 1.42. The first kappa shape index (κ1) is 5.57. The van der Waals surface area contributed by atoms with Gasteiger partial charge >= 0.3 is 0 Å². The Labute approximate surface area is 50.3 Å². The van der Waals surface area contributed by atoms with Crippen molar-refractivity contribution in [3.05, 3.63) is 24.3 Å². The Kier molecular flexibility index (Phi) is 1.22. The normalized spacial score (nSPS) is 22.6. The second kappa shape index (κ2) is 1.75. The van der Waals surface area contributed by atoms with Crippen molar-refractivity contribution in [2.45, 2.75) is 0 Å². The highest BCUT2D eigenvalue weighted by Crippen LogP contribution is 2.14. The van der Waals surface area contributed by atoms with Crippen molar-refractivity contribution in [2.24, 2.45) is 0 Å². The zero-order chi connectivity index (χ0) is 6.15. The molecule has 1 aliphatic heterocycles. The molecule has 0 atom stereocenters. The number of nitrogens with zero attached hydrogens (tertiary/aromatic N) is 1. The molecule has 0 N–H and O–H groups in total. The fraction of sp³-hybridized carbons (Fsp3) is 0.429. The van der Waals surface area contributed by atoms with Gasteiger partial charge in [-0.2, -0.15) is 0 Å². The van der Waals surface area contributed by atoms with Crippen LogP contribution >= 0.6 is 0 Å². The van der Waals surface area contributed by atoms with Crippen LogP contribution in [0.5, 0.6) is 0 Å². The molecule has 1 fully saturated rings. The maximum Gasteiger partial charge on any atom is 0.0231 e. The lowest BCUT2D eigenvalue weighted by molar-refractivity contribution is 0.438. The van der Waals surface area contributed by atoms with Crippen LogP contribution in [-0.2, 0) is 0 Å². The standard InChI is InChI=1S/C7H11N/c1-6-4-8(3)5-7(6)2/h1-2,4-5H2,3H3. The maximum absolute atomic E-state index is 3.84.